The van der Waals surface area contributed by atoms with Gasteiger partial charge in [-0.05, 0) is 33.6 Å². The number of imidazole rings is 2. The largest absolute Gasteiger partial charge is 0.465 e. The lowest BCUT2D eigenvalue weighted by Crippen LogP contribution is -2.42. The fraction of sp³-hybridized carbons (Fsp3) is 0.655. The molecule has 2 aromatic rings. The first-order valence-electron chi connectivity index (χ1n) is 15.3. The number of hydrogen-bond donors (Lipinski definition) is 1. The van der Waals surface area contributed by atoms with Gasteiger partial charge in [-0.15, -0.1) is 0 Å². The van der Waals surface area contributed by atoms with Crippen molar-refractivity contribution < 1.29 is 60.2 Å². The van der Waals surface area contributed by atoms with Crippen LogP contribution in [-0.2, 0) is 48.1 Å². The van der Waals surface area contributed by atoms with Crippen LogP contribution >= 0.6 is 0 Å². The molecule has 3 aliphatic rings. The Balaban J connectivity index is 0.000000226. The molecule has 0 bridgehead atoms. The lowest BCUT2D eigenvalue weighted by molar-refractivity contribution is -0.148. The van der Waals surface area contributed by atoms with E-state index >= 15 is 0 Å². The number of hydroxylamine groups is 2. The van der Waals surface area contributed by atoms with Crippen molar-refractivity contribution in [3.8, 4) is 0 Å². The number of rotatable bonds is 4. The van der Waals surface area contributed by atoms with E-state index in [2.05, 4.69) is 14.8 Å². The Hall–Kier alpha value is -4.36. The van der Waals surface area contributed by atoms with Crippen molar-refractivity contribution in [1.29, 1.82) is 0 Å². The predicted molar refractivity (Wildman–Crippen MR) is 155 cm³/mol. The minimum absolute atomic E-state index is 0.0679. The molecule has 0 saturated heterocycles. The molecule has 49 heavy (non-hydrogen) atoms. The first-order chi connectivity index (χ1) is 22.6. The van der Waals surface area contributed by atoms with Gasteiger partial charge < -0.3 is 28.8 Å². The molecular weight excluding hydrogens is 672 g/mol. The van der Waals surface area contributed by atoms with Crippen molar-refractivity contribution in [3.05, 3.63) is 34.4 Å². The van der Waals surface area contributed by atoms with E-state index in [9.17, 15) is 45.5 Å². The number of alkyl halides is 6. The number of aromatic nitrogens is 4. The molecule has 2 aliphatic heterocycles. The Kier molecular flexibility index (Phi) is 10.6. The second-order valence-corrected chi connectivity index (χ2v) is 12.7. The summed E-state index contributed by atoms with van der Waals surface area (Å²) >= 11 is 0. The van der Waals surface area contributed by atoms with Gasteiger partial charge in [0.1, 0.15) is 11.3 Å². The van der Waals surface area contributed by atoms with Gasteiger partial charge >= 0.3 is 24.5 Å². The van der Waals surface area contributed by atoms with E-state index in [0.29, 0.717) is 12.8 Å². The van der Waals surface area contributed by atoms with Crippen molar-refractivity contribution in [2.24, 2.45) is 5.92 Å². The summed E-state index contributed by atoms with van der Waals surface area (Å²) in [4.78, 5) is 62.1. The molecule has 5 rings (SSSR count). The summed E-state index contributed by atoms with van der Waals surface area (Å²) in [6.07, 6.45) is -8.17. The summed E-state index contributed by atoms with van der Waals surface area (Å²) in [6.45, 7) is 4.33. The molecule has 1 aliphatic carbocycles. The fourth-order valence-electron chi connectivity index (χ4n) is 5.80. The monoisotopic (exact) mass is 709 g/mol. The van der Waals surface area contributed by atoms with Crippen LogP contribution in [0.15, 0.2) is 0 Å². The molecule has 14 nitrogen and oxygen atoms in total. The number of ether oxygens (including phenoxy) is 1. The summed E-state index contributed by atoms with van der Waals surface area (Å²) in [5.74, 6) is -3.81. The van der Waals surface area contributed by atoms with E-state index in [1.807, 2.05) is 0 Å². The summed E-state index contributed by atoms with van der Waals surface area (Å²) in [6, 6.07) is 0. The van der Waals surface area contributed by atoms with E-state index in [0.717, 1.165) is 31.9 Å². The first kappa shape index (κ1) is 37.5. The van der Waals surface area contributed by atoms with Crippen molar-refractivity contribution in [2.75, 3.05) is 27.2 Å². The number of Topliss-reactive ketones (excluding diaryl/α,β-unsaturated/α-hetero) is 1. The lowest BCUT2D eigenvalue weighted by atomic mass is 9.98. The maximum absolute atomic E-state index is 13.4. The highest BCUT2D eigenvalue weighted by Crippen LogP contribution is 2.36. The van der Waals surface area contributed by atoms with Gasteiger partial charge in [0.25, 0.3) is 5.91 Å². The summed E-state index contributed by atoms with van der Waals surface area (Å²) < 4.78 is 86.5. The Morgan fingerprint density at radius 3 is 1.73 bits per heavy atom. The van der Waals surface area contributed by atoms with Gasteiger partial charge in [-0.1, -0.05) is 12.8 Å². The van der Waals surface area contributed by atoms with Gasteiger partial charge in [-0.2, -0.15) is 26.3 Å². The van der Waals surface area contributed by atoms with E-state index < -0.39 is 53.4 Å². The minimum Gasteiger partial charge on any atom is -0.465 e. The molecule has 0 atom stereocenters. The highest BCUT2D eigenvalue weighted by Gasteiger charge is 2.44. The van der Waals surface area contributed by atoms with Gasteiger partial charge in [0.15, 0.2) is 11.5 Å². The third kappa shape index (κ3) is 8.27. The number of carboxylic acid groups (broad SMARTS) is 1. The number of carbonyl (C=O) groups is 4. The molecule has 2 aromatic heterocycles. The number of nitrogens with zero attached hydrogens (tertiary/aromatic N) is 7. The van der Waals surface area contributed by atoms with Crippen LogP contribution in [-0.4, -0.2) is 95.8 Å². The fourth-order valence-corrected chi connectivity index (χ4v) is 5.80. The number of halogens is 6. The van der Waals surface area contributed by atoms with Crippen LogP contribution in [0.3, 0.4) is 0 Å². The SMILES string of the molecule is CC(C)(C)OC(=O)N1CCn2c(C(F)(F)F)nc(C(=O)C3CCCC3)c2C1.CON(C)C(=O)c1nc(C(F)(F)F)n2c1CN(C(=O)O)CC2. The third-order valence-corrected chi connectivity index (χ3v) is 8.16. The van der Waals surface area contributed by atoms with Crippen molar-refractivity contribution in [2.45, 2.75) is 90.6 Å². The summed E-state index contributed by atoms with van der Waals surface area (Å²) in [5, 5.41) is 9.69. The molecule has 0 spiro atoms. The van der Waals surface area contributed by atoms with Crippen LogP contribution < -0.4 is 0 Å². The molecule has 272 valence electrons. The van der Waals surface area contributed by atoms with E-state index in [1.165, 1.54) is 19.1 Å². The number of carbonyl (C=O) groups excluding carboxylic acids is 3. The zero-order chi connectivity index (χ0) is 36.6. The minimum atomic E-state index is -4.75. The smallest absolute Gasteiger partial charge is 0.449 e. The Labute approximate surface area is 276 Å². The Bertz CT molecular complexity index is 1590. The zero-order valence-electron chi connectivity index (χ0n) is 27.4. The van der Waals surface area contributed by atoms with Crippen LogP contribution in [0.2, 0.25) is 0 Å². The van der Waals surface area contributed by atoms with Crippen LogP contribution in [0, 0.1) is 5.92 Å². The number of amides is 3. The van der Waals surface area contributed by atoms with Crippen molar-refractivity contribution >= 4 is 23.9 Å². The van der Waals surface area contributed by atoms with Crippen molar-refractivity contribution in [1.82, 2.24) is 34.0 Å². The average Bonchev–Trinajstić information content (AvgIpc) is 3.76. The lowest BCUT2D eigenvalue weighted by Gasteiger charge is -2.31. The topological polar surface area (TPSA) is 152 Å². The maximum atomic E-state index is 13.4. The summed E-state index contributed by atoms with van der Waals surface area (Å²) in [7, 11) is 2.40. The van der Waals surface area contributed by atoms with Crippen LogP contribution in [0.5, 0.6) is 0 Å². The van der Waals surface area contributed by atoms with E-state index in [4.69, 9.17) is 9.84 Å². The third-order valence-electron chi connectivity index (χ3n) is 8.16. The predicted octanol–water partition coefficient (Wildman–Crippen LogP) is 5.05. The quantitative estimate of drug-likeness (QED) is 0.261. The van der Waals surface area contributed by atoms with Gasteiger partial charge in [-0.3, -0.25) is 14.4 Å². The molecule has 0 aromatic carbocycles. The van der Waals surface area contributed by atoms with Crippen molar-refractivity contribution in [3.63, 3.8) is 0 Å². The second-order valence-electron chi connectivity index (χ2n) is 12.7. The van der Waals surface area contributed by atoms with Crippen LogP contribution in [0.25, 0.3) is 0 Å². The number of ketones is 1. The van der Waals surface area contributed by atoms with Crippen LogP contribution in [0.1, 0.15) is 90.5 Å². The molecule has 0 unspecified atom stereocenters. The first-order valence-corrected chi connectivity index (χ1v) is 15.3. The molecule has 3 amide bonds. The number of fused-ring (bicyclic) bond motifs is 2. The zero-order valence-corrected chi connectivity index (χ0v) is 27.4. The maximum Gasteiger partial charge on any atom is 0.449 e. The normalized spacial score (nSPS) is 16.8. The standard InChI is InChI=1S/C18H24F3N3O3.C11H13F3N4O4/c1-17(2,3)27-16(26)23-8-9-24-12(10-23)13(22-15(24)18(19,20)21)14(25)11-6-4-5-7-11;1-16(22-2)8(19)7-6-5-17(10(20)21)3-4-18(6)9(15-7)11(12,13)14/h11H,4-10H2,1-3H3;3-5H2,1-2H3,(H,20,21). The van der Waals surface area contributed by atoms with Gasteiger partial charge in [0, 0.05) is 39.1 Å². The van der Waals surface area contributed by atoms with Gasteiger partial charge in [0.2, 0.25) is 11.6 Å². The molecule has 20 heteroatoms. The van der Waals surface area contributed by atoms with Crippen LogP contribution in [0.4, 0.5) is 35.9 Å². The molecule has 0 radical (unpaired) electrons. The summed E-state index contributed by atoms with van der Waals surface area (Å²) in [5.41, 5.74) is -1.29. The van der Waals surface area contributed by atoms with E-state index in [1.54, 1.807) is 20.8 Å². The molecule has 1 saturated carbocycles. The Morgan fingerprint density at radius 2 is 1.27 bits per heavy atom. The van der Waals surface area contributed by atoms with E-state index in [-0.39, 0.29) is 68.1 Å². The molecule has 1 N–H and O–H groups in total. The second kappa shape index (κ2) is 13.9. The average molecular weight is 710 g/mol. The molecular formula is C29H37F6N7O7. The molecule has 1 fully saturated rings. The molecule has 4 heterocycles. The van der Waals surface area contributed by atoms with Gasteiger partial charge in [-0.25, -0.2) is 24.6 Å². The highest BCUT2D eigenvalue weighted by atomic mass is 19.4. The Morgan fingerprint density at radius 1 is 0.796 bits per heavy atom. The van der Waals surface area contributed by atoms with Gasteiger partial charge in [0.05, 0.1) is 31.6 Å². The highest BCUT2D eigenvalue weighted by molar-refractivity contribution is 5.97. The number of hydrogen-bond acceptors (Lipinski definition) is 8.